The van der Waals surface area contributed by atoms with Crippen LogP contribution in [0.4, 0.5) is 0 Å². The van der Waals surface area contributed by atoms with Gasteiger partial charge in [0.05, 0.1) is 11.4 Å². The van der Waals surface area contributed by atoms with Crippen LogP contribution in [0.3, 0.4) is 0 Å². The fourth-order valence-electron chi connectivity index (χ4n) is 5.25. The molecule has 0 radical (unpaired) electrons. The van der Waals surface area contributed by atoms with Crippen LogP contribution in [-0.2, 0) is 0 Å². The lowest BCUT2D eigenvalue weighted by Gasteiger charge is -2.13. The van der Waals surface area contributed by atoms with E-state index >= 15 is 0 Å². The Labute approximate surface area is 221 Å². The van der Waals surface area contributed by atoms with Gasteiger partial charge in [0.25, 0.3) is 0 Å². The molecule has 5 aromatic carbocycles. The van der Waals surface area contributed by atoms with Crippen molar-refractivity contribution < 1.29 is 0 Å². The van der Waals surface area contributed by atoms with Crippen molar-refractivity contribution in [3.63, 3.8) is 0 Å². The van der Waals surface area contributed by atoms with Crippen LogP contribution < -0.4 is 0 Å². The summed E-state index contributed by atoms with van der Waals surface area (Å²) in [6, 6.07) is 47.0. The predicted molar refractivity (Wildman–Crippen MR) is 159 cm³/mol. The highest BCUT2D eigenvalue weighted by molar-refractivity contribution is 5.99. The van der Waals surface area contributed by atoms with Crippen molar-refractivity contribution in [3.8, 4) is 44.8 Å². The minimum Gasteiger partial charge on any atom is -0.256 e. The Kier molecular flexibility index (Phi) is 5.49. The monoisotopic (exact) mass is 484 g/mol. The van der Waals surface area contributed by atoms with Crippen LogP contribution in [0.5, 0.6) is 0 Å². The van der Waals surface area contributed by atoms with Gasteiger partial charge in [0.2, 0.25) is 0 Å². The first-order chi connectivity index (χ1) is 18.8. The summed E-state index contributed by atoms with van der Waals surface area (Å²) in [6.45, 7) is 0. The molecule has 2 nitrogen and oxygen atoms in total. The molecule has 7 aromatic rings. The smallest absolute Gasteiger partial charge is 0.0780 e. The first-order valence-corrected chi connectivity index (χ1v) is 12.8. The molecular weight excluding hydrogens is 460 g/mol. The standard InChI is InChI=1S/C36H24N2/c1-2-8-25(9-3-1)26-14-16-27(17-15-26)30-22-31(35-33-12-6-4-10-28(33)18-20-37-35)24-32(23-30)36-34-13-7-5-11-29(34)19-21-38-36/h1-24H. The van der Waals surface area contributed by atoms with Gasteiger partial charge >= 0.3 is 0 Å². The first-order valence-electron chi connectivity index (χ1n) is 12.8. The molecule has 0 bridgehead atoms. The number of nitrogens with zero attached hydrogens (tertiary/aromatic N) is 2. The van der Waals surface area contributed by atoms with Crippen molar-refractivity contribution in [2.45, 2.75) is 0 Å². The molecule has 0 saturated carbocycles. The van der Waals surface area contributed by atoms with Crippen molar-refractivity contribution in [2.24, 2.45) is 0 Å². The Hall–Kier alpha value is -5.08. The van der Waals surface area contributed by atoms with E-state index in [0.29, 0.717) is 0 Å². The fourth-order valence-corrected chi connectivity index (χ4v) is 5.25. The second-order valence-corrected chi connectivity index (χ2v) is 9.50. The Balaban J connectivity index is 1.44. The Bertz CT molecular complexity index is 1800. The summed E-state index contributed by atoms with van der Waals surface area (Å²) in [6.07, 6.45) is 3.80. The van der Waals surface area contributed by atoms with E-state index in [1.54, 1.807) is 0 Å². The summed E-state index contributed by atoms with van der Waals surface area (Å²) >= 11 is 0. The third kappa shape index (κ3) is 4.03. The van der Waals surface area contributed by atoms with Gasteiger partial charge in [-0.3, -0.25) is 9.97 Å². The van der Waals surface area contributed by atoms with Gasteiger partial charge in [0.15, 0.2) is 0 Å². The molecule has 0 unspecified atom stereocenters. The summed E-state index contributed by atoms with van der Waals surface area (Å²) in [5.74, 6) is 0. The minimum absolute atomic E-state index is 0.979. The van der Waals surface area contributed by atoms with Gasteiger partial charge in [0, 0.05) is 34.3 Å². The molecule has 0 saturated heterocycles. The van der Waals surface area contributed by atoms with Gasteiger partial charge in [0.1, 0.15) is 0 Å². The Morgan fingerprint density at radius 2 is 0.737 bits per heavy atom. The summed E-state index contributed by atoms with van der Waals surface area (Å²) in [4.78, 5) is 9.68. The van der Waals surface area contributed by atoms with Crippen molar-refractivity contribution >= 4 is 21.5 Å². The van der Waals surface area contributed by atoms with E-state index in [4.69, 9.17) is 9.97 Å². The number of hydrogen-bond acceptors (Lipinski definition) is 2. The van der Waals surface area contributed by atoms with Crippen LogP contribution in [0.25, 0.3) is 66.3 Å². The molecule has 0 atom stereocenters. The van der Waals surface area contributed by atoms with Gasteiger partial charge in [-0.25, -0.2) is 0 Å². The number of pyridine rings is 2. The lowest BCUT2D eigenvalue weighted by Crippen LogP contribution is -1.92. The first kappa shape index (κ1) is 22.1. The topological polar surface area (TPSA) is 25.8 Å². The van der Waals surface area contributed by atoms with Gasteiger partial charge in [-0.2, -0.15) is 0 Å². The molecule has 2 heteroatoms. The van der Waals surface area contributed by atoms with Gasteiger partial charge < -0.3 is 0 Å². The third-order valence-corrected chi connectivity index (χ3v) is 7.15. The highest BCUT2D eigenvalue weighted by atomic mass is 14.7. The zero-order chi connectivity index (χ0) is 25.3. The maximum Gasteiger partial charge on any atom is 0.0780 e. The van der Waals surface area contributed by atoms with E-state index in [2.05, 4.69) is 127 Å². The number of rotatable bonds is 4. The molecule has 7 rings (SSSR count). The molecule has 0 aliphatic rings. The molecule has 0 fully saturated rings. The highest BCUT2D eigenvalue weighted by Gasteiger charge is 2.13. The predicted octanol–water partition coefficient (Wildman–Crippen LogP) is 9.45. The van der Waals surface area contributed by atoms with Crippen molar-refractivity contribution in [3.05, 3.63) is 146 Å². The maximum atomic E-state index is 4.84. The fraction of sp³-hybridized carbons (Fsp3) is 0. The number of benzene rings is 5. The Morgan fingerprint density at radius 1 is 0.316 bits per heavy atom. The molecule has 178 valence electrons. The quantitative estimate of drug-likeness (QED) is 0.249. The number of aromatic nitrogens is 2. The molecule has 0 aliphatic carbocycles. The van der Waals surface area contributed by atoms with Crippen LogP contribution in [0.15, 0.2) is 146 Å². The summed E-state index contributed by atoms with van der Waals surface area (Å²) in [7, 11) is 0. The molecule has 0 spiro atoms. The number of hydrogen-bond donors (Lipinski definition) is 0. The van der Waals surface area contributed by atoms with Crippen molar-refractivity contribution in [2.75, 3.05) is 0 Å². The van der Waals surface area contributed by atoms with Gasteiger partial charge in [-0.15, -0.1) is 0 Å². The van der Waals surface area contributed by atoms with E-state index in [-0.39, 0.29) is 0 Å². The molecule has 2 aromatic heterocycles. The third-order valence-electron chi connectivity index (χ3n) is 7.15. The molecule has 0 aliphatic heterocycles. The van der Waals surface area contributed by atoms with Crippen molar-refractivity contribution in [1.82, 2.24) is 9.97 Å². The van der Waals surface area contributed by atoms with E-state index < -0.39 is 0 Å². The summed E-state index contributed by atoms with van der Waals surface area (Å²) < 4.78 is 0. The largest absolute Gasteiger partial charge is 0.256 e. The molecule has 0 N–H and O–H groups in total. The molecule has 0 amide bonds. The van der Waals surface area contributed by atoms with E-state index in [1.807, 2.05) is 18.5 Å². The van der Waals surface area contributed by atoms with Crippen LogP contribution in [0.1, 0.15) is 0 Å². The number of fused-ring (bicyclic) bond motifs is 2. The average Bonchev–Trinajstić information content (AvgIpc) is 3.01. The van der Waals surface area contributed by atoms with E-state index in [0.717, 1.165) is 44.4 Å². The normalized spacial score (nSPS) is 11.2. The van der Waals surface area contributed by atoms with Crippen LogP contribution >= 0.6 is 0 Å². The van der Waals surface area contributed by atoms with Crippen LogP contribution in [-0.4, -0.2) is 9.97 Å². The average molecular weight is 485 g/mol. The second-order valence-electron chi connectivity index (χ2n) is 9.50. The minimum atomic E-state index is 0.979. The van der Waals surface area contributed by atoms with E-state index in [1.165, 1.54) is 21.9 Å². The van der Waals surface area contributed by atoms with E-state index in [9.17, 15) is 0 Å². The zero-order valence-corrected chi connectivity index (χ0v) is 20.8. The lowest BCUT2D eigenvalue weighted by molar-refractivity contribution is 1.34. The van der Waals surface area contributed by atoms with Crippen molar-refractivity contribution in [1.29, 1.82) is 0 Å². The molecule has 38 heavy (non-hydrogen) atoms. The van der Waals surface area contributed by atoms with Gasteiger partial charge in [-0.05, 0) is 63.4 Å². The Morgan fingerprint density at radius 3 is 1.29 bits per heavy atom. The van der Waals surface area contributed by atoms with Gasteiger partial charge in [-0.1, -0.05) is 103 Å². The molecular formula is C36H24N2. The maximum absolute atomic E-state index is 4.84. The van der Waals surface area contributed by atoms with Crippen LogP contribution in [0.2, 0.25) is 0 Å². The second kappa shape index (κ2) is 9.42. The summed E-state index contributed by atoms with van der Waals surface area (Å²) in [5.41, 5.74) is 8.84. The molecule has 2 heterocycles. The lowest BCUT2D eigenvalue weighted by atomic mass is 9.93. The summed E-state index contributed by atoms with van der Waals surface area (Å²) in [5, 5.41) is 4.65. The SMILES string of the molecule is c1ccc(-c2ccc(-c3cc(-c4nccc5ccccc45)cc(-c4nccc5ccccc45)c3)cc2)cc1. The highest BCUT2D eigenvalue weighted by Crippen LogP contribution is 2.36. The zero-order valence-electron chi connectivity index (χ0n) is 20.8. The van der Waals surface area contributed by atoms with Crippen LogP contribution in [0, 0.1) is 0 Å².